The van der Waals surface area contributed by atoms with Crippen LogP contribution in [0.4, 0.5) is 5.69 Å². The van der Waals surface area contributed by atoms with Crippen molar-refractivity contribution < 1.29 is 9.59 Å². The molecule has 0 aromatic heterocycles. The number of fused-ring (bicyclic) bond motifs is 2. The molecule has 2 heterocycles. The molecular weight excluding hydrogens is 290 g/mol. The number of hydrazine groups is 1. The average Bonchev–Trinajstić information content (AvgIpc) is 2.84. The highest BCUT2D eigenvalue weighted by atomic mass is 16.2. The molecule has 0 radical (unpaired) electrons. The van der Waals surface area contributed by atoms with E-state index in [-0.39, 0.29) is 18.5 Å². The molecule has 2 aromatic rings. The first-order valence-electron chi connectivity index (χ1n) is 7.80. The van der Waals surface area contributed by atoms with Gasteiger partial charge in [0.15, 0.2) is 0 Å². The van der Waals surface area contributed by atoms with E-state index in [1.807, 2.05) is 17.1 Å². The van der Waals surface area contributed by atoms with Gasteiger partial charge in [0.2, 0.25) is 0 Å². The van der Waals surface area contributed by atoms with Gasteiger partial charge in [-0.05, 0) is 36.6 Å². The van der Waals surface area contributed by atoms with Crippen LogP contribution in [0.15, 0.2) is 48.5 Å². The molecule has 2 aliphatic heterocycles. The fourth-order valence-corrected chi connectivity index (χ4v) is 3.24. The molecule has 5 heteroatoms. The van der Waals surface area contributed by atoms with E-state index in [2.05, 4.69) is 17.6 Å². The van der Waals surface area contributed by atoms with Crippen molar-refractivity contribution in [1.29, 1.82) is 0 Å². The summed E-state index contributed by atoms with van der Waals surface area (Å²) in [5, 5.41) is 2.03. The van der Waals surface area contributed by atoms with Gasteiger partial charge in [-0.2, -0.15) is 0 Å². The van der Waals surface area contributed by atoms with Gasteiger partial charge >= 0.3 is 0 Å². The lowest BCUT2D eigenvalue weighted by Gasteiger charge is -2.32. The summed E-state index contributed by atoms with van der Waals surface area (Å²) in [5.74, 6) is -0.466. The van der Waals surface area contributed by atoms with Crippen LogP contribution >= 0.6 is 0 Å². The van der Waals surface area contributed by atoms with Crippen LogP contribution in [0.2, 0.25) is 0 Å². The lowest BCUT2D eigenvalue weighted by Crippen LogP contribution is -2.48. The van der Waals surface area contributed by atoms with Crippen molar-refractivity contribution in [1.82, 2.24) is 10.3 Å². The summed E-state index contributed by atoms with van der Waals surface area (Å²) in [5.41, 5.74) is 6.61. The van der Waals surface area contributed by atoms with Crippen LogP contribution in [-0.2, 0) is 6.42 Å². The van der Waals surface area contributed by atoms with Crippen LogP contribution in [0.25, 0.3) is 0 Å². The van der Waals surface area contributed by atoms with Gasteiger partial charge in [-0.25, -0.2) is 5.43 Å². The van der Waals surface area contributed by atoms with Gasteiger partial charge in [0.1, 0.15) is 0 Å². The smallest absolute Gasteiger partial charge is 0.262 e. The van der Waals surface area contributed by atoms with Gasteiger partial charge in [-0.1, -0.05) is 30.3 Å². The molecule has 0 saturated carbocycles. The summed E-state index contributed by atoms with van der Waals surface area (Å²) in [6, 6.07) is 15.2. The number of nitrogens with one attached hydrogen (secondary N) is 1. The van der Waals surface area contributed by atoms with Crippen LogP contribution in [0.3, 0.4) is 0 Å². The van der Waals surface area contributed by atoms with Crippen LogP contribution in [-0.4, -0.2) is 29.9 Å². The normalized spacial score (nSPS) is 16.5. The zero-order valence-corrected chi connectivity index (χ0v) is 12.7. The van der Waals surface area contributed by atoms with Gasteiger partial charge in [-0.15, -0.1) is 0 Å². The van der Waals surface area contributed by atoms with Crippen molar-refractivity contribution in [3.8, 4) is 0 Å². The van der Waals surface area contributed by atoms with Crippen molar-refractivity contribution in [3.05, 3.63) is 65.2 Å². The minimum atomic E-state index is -0.233. The summed E-state index contributed by atoms with van der Waals surface area (Å²) in [6.07, 6.45) is 2.10. The molecule has 0 aliphatic carbocycles. The van der Waals surface area contributed by atoms with E-state index in [1.54, 1.807) is 24.3 Å². The maximum Gasteiger partial charge on any atom is 0.262 e. The van der Waals surface area contributed by atoms with Gasteiger partial charge in [-0.3, -0.25) is 14.5 Å². The fourth-order valence-electron chi connectivity index (χ4n) is 3.24. The van der Waals surface area contributed by atoms with Crippen LogP contribution in [0.5, 0.6) is 0 Å². The number of aryl methyl sites for hydroxylation is 1. The van der Waals surface area contributed by atoms with Crippen molar-refractivity contribution in [3.63, 3.8) is 0 Å². The van der Waals surface area contributed by atoms with Crippen LogP contribution < -0.4 is 10.4 Å². The standard InChI is InChI=1S/C18H17N3O2/c22-17-14-8-2-3-9-15(14)18(23)20(17)12-19-21-11-5-7-13-6-1-4-10-16(13)21/h1-4,6,8-10,19H,5,7,11-12H2. The van der Waals surface area contributed by atoms with Crippen LogP contribution in [0, 0.1) is 0 Å². The Bertz CT molecular complexity index is 752. The summed E-state index contributed by atoms with van der Waals surface area (Å²) < 4.78 is 0. The molecule has 2 aliphatic rings. The maximum absolute atomic E-state index is 12.4. The quantitative estimate of drug-likeness (QED) is 0.883. The predicted molar refractivity (Wildman–Crippen MR) is 87.1 cm³/mol. The van der Waals surface area contributed by atoms with E-state index in [4.69, 9.17) is 0 Å². The second kappa shape index (κ2) is 5.52. The van der Waals surface area contributed by atoms with E-state index in [9.17, 15) is 9.59 Å². The average molecular weight is 307 g/mol. The number of hydrogen-bond acceptors (Lipinski definition) is 4. The first-order valence-corrected chi connectivity index (χ1v) is 7.80. The van der Waals surface area contributed by atoms with E-state index < -0.39 is 0 Å². The number of hydrogen-bond donors (Lipinski definition) is 1. The van der Waals surface area contributed by atoms with Crippen molar-refractivity contribution >= 4 is 17.5 Å². The highest BCUT2D eigenvalue weighted by molar-refractivity contribution is 6.21. The molecule has 4 rings (SSSR count). The van der Waals surface area contributed by atoms with Crippen molar-refractivity contribution in [2.75, 3.05) is 18.2 Å². The zero-order chi connectivity index (χ0) is 15.8. The third-order valence-corrected chi connectivity index (χ3v) is 4.41. The number of para-hydroxylation sites is 1. The molecule has 0 atom stereocenters. The predicted octanol–water partition coefficient (Wildman–Crippen LogP) is 2.20. The molecule has 2 aromatic carbocycles. The fraction of sp³-hybridized carbons (Fsp3) is 0.222. The summed E-state index contributed by atoms with van der Waals surface area (Å²) in [4.78, 5) is 26.0. The lowest BCUT2D eigenvalue weighted by molar-refractivity contribution is 0.0640. The van der Waals surface area contributed by atoms with Gasteiger partial charge in [0.05, 0.1) is 23.5 Å². The number of nitrogens with zero attached hydrogens (tertiary/aromatic N) is 2. The topological polar surface area (TPSA) is 52.7 Å². The maximum atomic E-state index is 12.4. The highest BCUT2D eigenvalue weighted by Crippen LogP contribution is 2.26. The number of anilines is 1. The van der Waals surface area contributed by atoms with Crippen LogP contribution in [0.1, 0.15) is 32.7 Å². The summed E-state index contributed by atoms with van der Waals surface area (Å²) in [7, 11) is 0. The molecule has 0 saturated heterocycles. The molecule has 1 N–H and O–H groups in total. The third-order valence-electron chi connectivity index (χ3n) is 4.41. The Morgan fingerprint density at radius 3 is 2.30 bits per heavy atom. The Kier molecular flexibility index (Phi) is 3.35. The molecule has 0 spiro atoms. The lowest BCUT2D eigenvalue weighted by atomic mass is 10.0. The molecule has 0 unspecified atom stereocenters. The van der Waals surface area contributed by atoms with Crippen molar-refractivity contribution in [2.45, 2.75) is 12.8 Å². The molecule has 5 nitrogen and oxygen atoms in total. The van der Waals surface area contributed by atoms with Gasteiger partial charge in [0.25, 0.3) is 11.8 Å². The number of amides is 2. The van der Waals surface area contributed by atoms with E-state index in [0.29, 0.717) is 11.1 Å². The molecule has 23 heavy (non-hydrogen) atoms. The highest BCUT2D eigenvalue weighted by Gasteiger charge is 2.35. The second-order valence-electron chi connectivity index (χ2n) is 5.78. The summed E-state index contributed by atoms with van der Waals surface area (Å²) in [6.45, 7) is 1.04. The van der Waals surface area contributed by atoms with Gasteiger partial charge in [0, 0.05) is 6.54 Å². The first-order chi connectivity index (χ1) is 11.3. The van der Waals surface area contributed by atoms with E-state index in [0.717, 1.165) is 25.1 Å². The number of carbonyl (C=O) groups excluding carboxylic acids is 2. The van der Waals surface area contributed by atoms with Crippen molar-refractivity contribution in [2.24, 2.45) is 0 Å². The molecule has 116 valence electrons. The Morgan fingerprint density at radius 2 is 1.57 bits per heavy atom. The summed E-state index contributed by atoms with van der Waals surface area (Å²) >= 11 is 0. The van der Waals surface area contributed by atoms with Gasteiger partial charge < -0.3 is 5.01 Å². The Balaban J connectivity index is 1.51. The zero-order valence-electron chi connectivity index (χ0n) is 12.7. The molecule has 0 bridgehead atoms. The number of carbonyl (C=O) groups is 2. The third kappa shape index (κ3) is 2.29. The second-order valence-corrected chi connectivity index (χ2v) is 5.78. The van der Waals surface area contributed by atoms with E-state index in [1.165, 1.54) is 10.5 Å². The Labute approximate surface area is 134 Å². The Hall–Kier alpha value is -2.66. The number of benzene rings is 2. The molecular formula is C18H17N3O2. The molecule has 2 amide bonds. The number of rotatable bonds is 3. The minimum absolute atomic E-state index is 0.181. The molecule has 0 fully saturated rings. The SMILES string of the molecule is O=C1c2ccccc2C(=O)N1CNN1CCCc2ccccc21. The minimum Gasteiger partial charge on any atom is -0.306 e. The largest absolute Gasteiger partial charge is 0.306 e. The first kappa shape index (κ1) is 14.0. The number of imide groups is 1. The Morgan fingerprint density at radius 1 is 0.913 bits per heavy atom. The monoisotopic (exact) mass is 307 g/mol. The van der Waals surface area contributed by atoms with E-state index >= 15 is 0 Å².